The highest BCUT2D eigenvalue weighted by molar-refractivity contribution is 6.34. The molecule has 13 heteroatoms. The molecule has 46 heavy (non-hydrogen) atoms. The van der Waals surface area contributed by atoms with Gasteiger partial charge in [0, 0.05) is 53.7 Å². The maximum atomic E-state index is 14.8. The Morgan fingerprint density at radius 3 is 2.39 bits per heavy atom. The summed E-state index contributed by atoms with van der Waals surface area (Å²) in [7, 11) is 1.54. The number of benzene rings is 3. The zero-order valence-electron chi connectivity index (χ0n) is 24.0. The van der Waals surface area contributed by atoms with Crippen molar-refractivity contribution in [2.75, 3.05) is 25.5 Å². The van der Waals surface area contributed by atoms with Gasteiger partial charge in [-0.1, -0.05) is 42.8 Å². The van der Waals surface area contributed by atoms with Crippen LogP contribution in [-0.4, -0.2) is 58.1 Å². The first-order chi connectivity index (χ1) is 21.6. The van der Waals surface area contributed by atoms with Gasteiger partial charge in [-0.15, -0.1) is 0 Å². The molecule has 0 unspecified atom stereocenters. The van der Waals surface area contributed by atoms with E-state index in [1.165, 1.54) is 25.2 Å². The van der Waals surface area contributed by atoms with E-state index in [9.17, 15) is 18.4 Å². The molecule has 2 aliphatic rings. The summed E-state index contributed by atoms with van der Waals surface area (Å²) in [5.41, 5.74) is 8.12. The molecule has 2 amide bonds. The molecule has 9 nitrogen and oxygen atoms in total. The smallest absolute Gasteiger partial charge is 0.255 e. The van der Waals surface area contributed by atoms with E-state index in [0.29, 0.717) is 64.6 Å². The minimum absolute atomic E-state index is 0. The average Bonchev–Trinajstić information content (AvgIpc) is 3.17. The number of nitrogens with zero attached hydrogens (tertiary/aromatic N) is 4. The Morgan fingerprint density at radius 2 is 1.72 bits per heavy atom. The van der Waals surface area contributed by atoms with Gasteiger partial charge >= 0.3 is 0 Å². The monoisotopic (exact) mass is 665 g/mol. The average molecular weight is 667 g/mol. The summed E-state index contributed by atoms with van der Waals surface area (Å²) in [6.45, 7) is 0.728. The number of piperidine rings is 1. The normalized spacial score (nSPS) is 15.0. The second-order valence-electron chi connectivity index (χ2n) is 10.9. The second kappa shape index (κ2) is 13.1. The van der Waals surface area contributed by atoms with Gasteiger partial charge in [0.1, 0.15) is 11.6 Å². The molecule has 6 rings (SSSR count). The Labute approximate surface area is 274 Å². The summed E-state index contributed by atoms with van der Waals surface area (Å²) in [4.78, 5) is 40.7. The third-order valence-corrected chi connectivity index (χ3v) is 8.59. The van der Waals surface area contributed by atoms with Crippen LogP contribution in [-0.2, 0) is 11.3 Å². The number of carbonyl (C=O) groups is 2. The topological polar surface area (TPSA) is 126 Å². The number of likely N-dealkylation sites (N-methyl/N-ethyl adjacent to an activating group) is 1. The highest BCUT2D eigenvalue weighted by atomic mass is 35.5. The zero-order valence-corrected chi connectivity index (χ0v) is 25.5. The van der Waals surface area contributed by atoms with Crippen molar-refractivity contribution in [1.82, 2.24) is 20.2 Å². The van der Waals surface area contributed by atoms with E-state index >= 15 is 0 Å². The molecule has 4 N–H and O–H groups in total. The van der Waals surface area contributed by atoms with Crippen LogP contribution in [0.15, 0.2) is 65.8 Å². The van der Waals surface area contributed by atoms with Crippen LogP contribution in [0.2, 0.25) is 10.0 Å². The van der Waals surface area contributed by atoms with Gasteiger partial charge in [-0.05, 0) is 55.3 Å². The number of likely N-dealkylation sites (tertiary alicyclic amines) is 1. The number of aliphatic imine (C=N–C) groups is 1. The first-order valence-corrected chi connectivity index (χ1v) is 14.9. The minimum Gasteiger partial charge on any atom is -0.358 e. The summed E-state index contributed by atoms with van der Waals surface area (Å²) >= 11 is 12.9. The first-order valence-electron chi connectivity index (χ1n) is 14.1. The molecule has 0 bridgehead atoms. The summed E-state index contributed by atoms with van der Waals surface area (Å²) < 4.78 is 29.7. The largest absolute Gasteiger partial charge is 0.358 e. The fraction of sp³-hybridized carbons (Fsp3) is 0.242. The second-order valence-corrected chi connectivity index (χ2v) is 11.7. The molecular formula is C33H31Cl2F2N7O2. The Kier molecular flexibility index (Phi) is 9.39. The Morgan fingerprint density at radius 1 is 1.00 bits per heavy atom. The molecule has 1 aromatic heterocycles. The third kappa shape index (κ3) is 6.18. The molecule has 2 aliphatic heterocycles. The number of amides is 2. The molecule has 3 heterocycles. The van der Waals surface area contributed by atoms with Crippen LogP contribution in [0.3, 0.4) is 0 Å². The number of carbonyl (C=O) groups excluding carboxylic acids is 2. The van der Waals surface area contributed by atoms with Gasteiger partial charge in [0.15, 0.2) is 0 Å². The Hall–Kier alpha value is -4.45. The lowest BCUT2D eigenvalue weighted by Gasteiger charge is -2.37. The van der Waals surface area contributed by atoms with E-state index in [0.717, 1.165) is 0 Å². The number of nitrogens with two attached hydrogens (primary N) is 1. The highest BCUT2D eigenvalue weighted by Gasteiger charge is 2.38. The van der Waals surface area contributed by atoms with E-state index in [2.05, 4.69) is 20.6 Å². The van der Waals surface area contributed by atoms with Crippen molar-refractivity contribution in [3.05, 3.63) is 105 Å². The number of nitrogens with one attached hydrogen (secondary N) is 2. The van der Waals surface area contributed by atoms with Gasteiger partial charge in [0.2, 0.25) is 11.9 Å². The van der Waals surface area contributed by atoms with Crippen molar-refractivity contribution < 1.29 is 18.4 Å². The number of rotatable bonds is 5. The number of hydrogen-bond donors (Lipinski definition) is 3. The summed E-state index contributed by atoms with van der Waals surface area (Å²) in [6.07, 6.45) is 2.27. The summed E-state index contributed by atoms with van der Waals surface area (Å²) in [5.74, 6) is -1.76. The molecule has 0 saturated carbocycles. The van der Waals surface area contributed by atoms with Crippen molar-refractivity contribution in [2.45, 2.75) is 32.4 Å². The van der Waals surface area contributed by atoms with Crippen molar-refractivity contribution >= 4 is 52.4 Å². The molecule has 4 aromatic rings. The van der Waals surface area contributed by atoms with Crippen LogP contribution in [0.5, 0.6) is 0 Å². The van der Waals surface area contributed by atoms with E-state index < -0.39 is 17.2 Å². The van der Waals surface area contributed by atoms with Crippen LogP contribution >= 0.6 is 23.2 Å². The first kappa shape index (κ1) is 32.9. The zero-order chi connectivity index (χ0) is 31.9. The van der Waals surface area contributed by atoms with Crippen molar-refractivity contribution in [2.24, 2.45) is 10.7 Å². The molecule has 0 atom stereocenters. The maximum Gasteiger partial charge on any atom is 0.255 e. The predicted molar refractivity (Wildman–Crippen MR) is 176 cm³/mol. The van der Waals surface area contributed by atoms with Crippen LogP contribution in [0.4, 0.5) is 20.4 Å². The SMILES string of the molecule is C.CNC(=O)C1(N)CCN(C(=O)c2ccc(Nc3ncc4c(n3)-c3ccc(Cl)cc3C(c3c(F)cccc3F)=NC4)cc2Cl)CC1. The van der Waals surface area contributed by atoms with Crippen molar-refractivity contribution in [3.8, 4) is 11.3 Å². The minimum atomic E-state index is -1.01. The van der Waals surface area contributed by atoms with Gasteiger partial charge in [-0.3, -0.25) is 14.6 Å². The number of halogens is 4. The van der Waals surface area contributed by atoms with Gasteiger partial charge in [0.05, 0.1) is 39.6 Å². The van der Waals surface area contributed by atoms with E-state index in [4.69, 9.17) is 33.9 Å². The lowest BCUT2D eigenvalue weighted by molar-refractivity contribution is -0.127. The number of aromatic nitrogens is 2. The number of anilines is 2. The quantitative estimate of drug-likeness (QED) is 0.235. The van der Waals surface area contributed by atoms with Gasteiger partial charge in [0.25, 0.3) is 5.91 Å². The molecule has 0 aliphatic carbocycles. The van der Waals surface area contributed by atoms with E-state index in [-0.39, 0.29) is 48.0 Å². The van der Waals surface area contributed by atoms with Crippen LogP contribution in [0.1, 0.15) is 47.3 Å². The summed E-state index contributed by atoms with van der Waals surface area (Å²) in [5, 5.41) is 6.29. The van der Waals surface area contributed by atoms with Crippen LogP contribution in [0, 0.1) is 11.6 Å². The Balaban J connectivity index is 0.00000417. The van der Waals surface area contributed by atoms with E-state index in [1.54, 1.807) is 47.5 Å². The fourth-order valence-electron chi connectivity index (χ4n) is 5.57. The maximum absolute atomic E-state index is 14.8. The lowest BCUT2D eigenvalue weighted by Crippen LogP contribution is -2.59. The molecule has 0 radical (unpaired) electrons. The Bertz CT molecular complexity index is 1860. The molecule has 0 spiro atoms. The summed E-state index contributed by atoms with van der Waals surface area (Å²) in [6, 6.07) is 13.6. The van der Waals surface area contributed by atoms with Gasteiger partial charge in [-0.25, -0.2) is 18.7 Å². The van der Waals surface area contributed by atoms with Crippen LogP contribution in [0.25, 0.3) is 11.3 Å². The van der Waals surface area contributed by atoms with Crippen molar-refractivity contribution in [3.63, 3.8) is 0 Å². The van der Waals surface area contributed by atoms with E-state index in [1.807, 2.05) is 0 Å². The number of hydrogen-bond acceptors (Lipinski definition) is 7. The molecule has 3 aromatic carbocycles. The molecular weight excluding hydrogens is 635 g/mol. The lowest BCUT2D eigenvalue weighted by atomic mass is 9.87. The predicted octanol–water partition coefficient (Wildman–Crippen LogP) is 6.14. The van der Waals surface area contributed by atoms with Gasteiger partial charge in [-0.2, -0.15) is 0 Å². The fourth-order valence-corrected chi connectivity index (χ4v) is 6.01. The third-order valence-electron chi connectivity index (χ3n) is 8.04. The van der Waals surface area contributed by atoms with Crippen LogP contribution < -0.4 is 16.4 Å². The van der Waals surface area contributed by atoms with Crippen molar-refractivity contribution in [1.29, 1.82) is 0 Å². The van der Waals surface area contributed by atoms with Gasteiger partial charge < -0.3 is 21.3 Å². The molecule has 238 valence electrons. The molecule has 1 fully saturated rings. The standard InChI is InChI=1S/C32H27Cl2F2N7O2.CH4/c1-38-30(45)32(37)9-11-43(12-10-32)29(44)21-8-6-19(14-23(21)34)41-31-40-16-17-15-39-28(26-24(35)3-2-4-25(26)36)22-13-18(33)5-7-20(22)27(17)42-31;/h2-8,13-14,16H,9-12,15,37H2,1H3,(H,38,45)(H,40,41,42);1H4. The number of fused-ring (bicyclic) bond motifs is 3. The highest BCUT2D eigenvalue weighted by Crippen LogP contribution is 2.35. The molecule has 1 saturated heterocycles.